The van der Waals surface area contributed by atoms with Crippen molar-refractivity contribution in [3.8, 4) is 0 Å². The smallest absolute Gasteiger partial charge is 0.339 e. The number of carbonyl (C=O) groups excluding carboxylic acids is 2. The van der Waals surface area contributed by atoms with Crippen molar-refractivity contribution >= 4 is 17.6 Å². The predicted octanol–water partition coefficient (Wildman–Crippen LogP) is 1.06. The second-order valence-electron chi connectivity index (χ2n) is 4.90. The van der Waals surface area contributed by atoms with E-state index < -0.39 is 23.2 Å². The molecule has 3 N–H and O–H groups in total. The summed E-state index contributed by atoms with van der Waals surface area (Å²) in [4.78, 5) is 23.9. The summed E-state index contributed by atoms with van der Waals surface area (Å²) in [5.41, 5.74) is 5.08. The van der Waals surface area contributed by atoms with Crippen molar-refractivity contribution in [2.45, 2.75) is 18.4 Å². The average Bonchev–Trinajstić information content (AvgIpc) is 2.47. The van der Waals surface area contributed by atoms with E-state index in [0.717, 1.165) is 12.1 Å². The van der Waals surface area contributed by atoms with Crippen molar-refractivity contribution in [2.75, 3.05) is 25.6 Å². The second-order valence-corrected chi connectivity index (χ2v) is 4.90. The summed E-state index contributed by atoms with van der Waals surface area (Å²) in [6.07, 6.45) is 0.726. The molecule has 0 atom stereocenters. The molecule has 0 bridgehead atoms. The lowest BCUT2D eigenvalue weighted by Crippen LogP contribution is -2.54. The Morgan fingerprint density at radius 1 is 1.38 bits per heavy atom. The number of benzene rings is 1. The van der Waals surface area contributed by atoms with Gasteiger partial charge in [0.25, 0.3) is 0 Å². The standard InChI is InChI=1S/C14H17FN2O4/c1-20-12(18)10-3-2-9(15)8-11(10)17-13(19)14(16)4-6-21-7-5-14/h2-3,8H,4-7,16H2,1H3,(H,17,19). The normalized spacial score (nSPS) is 17.1. The van der Waals surface area contributed by atoms with Crippen LogP contribution in [0.5, 0.6) is 0 Å². The van der Waals surface area contributed by atoms with Gasteiger partial charge in [0, 0.05) is 13.2 Å². The van der Waals surface area contributed by atoms with Gasteiger partial charge < -0.3 is 20.5 Å². The average molecular weight is 296 g/mol. The van der Waals surface area contributed by atoms with Gasteiger partial charge in [0.15, 0.2) is 0 Å². The van der Waals surface area contributed by atoms with Crippen LogP contribution < -0.4 is 11.1 Å². The highest BCUT2D eigenvalue weighted by Gasteiger charge is 2.36. The number of ether oxygens (including phenoxy) is 2. The largest absolute Gasteiger partial charge is 0.465 e. The molecule has 1 aliphatic rings. The molecule has 1 fully saturated rings. The van der Waals surface area contributed by atoms with Gasteiger partial charge in [0.1, 0.15) is 11.4 Å². The molecule has 0 saturated carbocycles. The monoisotopic (exact) mass is 296 g/mol. The summed E-state index contributed by atoms with van der Waals surface area (Å²) in [5.74, 6) is -1.71. The van der Waals surface area contributed by atoms with Gasteiger partial charge in [-0.05, 0) is 31.0 Å². The zero-order valence-electron chi connectivity index (χ0n) is 11.6. The predicted molar refractivity (Wildman–Crippen MR) is 73.3 cm³/mol. The molecule has 0 unspecified atom stereocenters. The van der Waals surface area contributed by atoms with Crippen LogP contribution in [0.2, 0.25) is 0 Å². The minimum absolute atomic E-state index is 0.0446. The van der Waals surface area contributed by atoms with Gasteiger partial charge in [0.2, 0.25) is 5.91 Å². The molecule has 2 rings (SSSR count). The summed E-state index contributed by atoms with van der Waals surface area (Å²) >= 11 is 0. The van der Waals surface area contributed by atoms with Crippen LogP contribution in [0.15, 0.2) is 18.2 Å². The number of nitrogens with one attached hydrogen (secondary N) is 1. The van der Waals surface area contributed by atoms with Gasteiger partial charge in [0.05, 0.1) is 18.4 Å². The topological polar surface area (TPSA) is 90.7 Å². The first-order valence-electron chi connectivity index (χ1n) is 6.52. The van der Waals surface area contributed by atoms with E-state index in [-0.39, 0.29) is 11.3 Å². The summed E-state index contributed by atoms with van der Waals surface area (Å²) in [6.45, 7) is 0.772. The molecule has 1 saturated heterocycles. The van der Waals surface area contributed by atoms with E-state index in [9.17, 15) is 14.0 Å². The van der Waals surface area contributed by atoms with Gasteiger partial charge in [-0.1, -0.05) is 0 Å². The molecule has 1 aliphatic heterocycles. The Bertz CT molecular complexity index is 556. The third-order valence-electron chi connectivity index (χ3n) is 3.47. The van der Waals surface area contributed by atoms with Crippen LogP contribution >= 0.6 is 0 Å². The van der Waals surface area contributed by atoms with Crippen molar-refractivity contribution in [3.05, 3.63) is 29.6 Å². The van der Waals surface area contributed by atoms with Crippen LogP contribution in [0.3, 0.4) is 0 Å². The number of esters is 1. The molecule has 7 heteroatoms. The van der Waals surface area contributed by atoms with E-state index in [1.165, 1.54) is 13.2 Å². The molecule has 0 spiro atoms. The SMILES string of the molecule is COC(=O)c1ccc(F)cc1NC(=O)C1(N)CCOCC1. The number of nitrogens with two attached hydrogens (primary N) is 1. The Balaban J connectivity index is 2.24. The molecular formula is C14H17FN2O4. The number of hydrogen-bond acceptors (Lipinski definition) is 5. The third kappa shape index (κ3) is 3.37. The minimum atomic E-state index is -1.09. The van der Waals surface area contributed by atoms with Crippen LogP contribution in [-0.4, -0.2) is 37.7 Å². The molecule has 0 aromatic heterocycles. The van der Waals surface area contributed by atoms with E-state index >= 15 is 0 Å². The third-order valence-corrected chi connectivity index (χ3v) is 3.47. The molecule has 1 heterocycles. The number of rotatable bonds is 3. The highest BCUT2D eigenvalue weighted by molar-refractivity contribution is 6.04. The maximum Gasteiger partial charge on any atom is 0.339 e. The summed E-state index contributed by atoms with van der Waals surface area (Å²) in [6, 6.07) is 3.44. The molecule has 114 valence electrons. The van der Waals surface area contributed by atoms with Crippen LogP contribution in [-0.2, 0) is 14.3 Å². The maximum atomic E-state index is 13.3. The number of hydrogen-bond donors (Lipinski definition) is 2. The van der Waals surface area contributed by atoms with E-state index in [1.807, 2.05) is 0 Å². The van der Waals surface area contributed by atoms with Gasteiger partial charge >= 0.3 is 5.97 Å². The van der Waals surface area contributed by atoms with E-state index in [1.54, 1.807) is 0 Å². The zero-order valence-corrected chi connectivity index (χ0v) is 11.6. The van der Waals surface area contributed by atoms with Gasteiger partial charge in [-0.25, -0.2) is 9.18 Å². The maximum absolute atomic E-state index is 13.3. The van der Waals surface area contributed by atoms with Crippen molar-refractivity contribution in [3.63, 3.8) is 0 Å². The van der Waals surface area contributed by atoms with Crippen LogP contribution in [0, 0.1) is 5.82 Å². The second kappa shape index (κ2) is 6.19. The fourth-order valence-electron chi connectivity index (χ4n) is 2.12. The number of anilines is 1. The molecule has 0 aliphatic carbocycles. The van der Waals surface area contributed by atoms with E-state index in [0.29, 0.717) is 26.1 Å². The fourth-order valence-corrected chi connectivity index (χ4v) is 2.12. The summed E-state index contributed by atoms with van der Waals surface area (Å²) in [7, 11) is 1.21. The first kappa shape index (κ1) is 15.4. The van der Waals surface area contributed by atoms with Crippen molar-refractivity contribution in [1.82, 2.24) is 0 Å². The van der Waals surface area contributed by atoms with Gasteiger partial charge in [-0.3, -0.25) is 4.79 Å². The lowest BCUT2D eigenvalue weighted by Gasteiger charge is -2.31. The first-order valence-corrected chi connectivity index (χ1v) is 6.52. The number of amides is 1. The van der Waals surface area contributed by atoms with E-state index in [4.69, 9.17) is 10.5 Å². The van der Waals surface area contributed by atoms with Crippen LogP contribution in [0.25, 0.3) is 0 Å². The van der Waals surface area contributed by atoms with Crippen LogP contribution in [0.1, 0.15) is 23.2 Å². The Labute approximate surface area is 121 Å². The Morgan fingerprint density at radius 3 is 2.67 bits per heavy atom. The quantitative estimate of drug-likeness (QED) is 0.814. The number of methoxy groups -OCH3 is 1. The molecule has 1 amide bonds. The highest BCUT2D eigenvalue weighted by Crippen LogP contribution is 2.23. The number of halogens is 1. The minimum Gasteiger partial charge on any atom is -0.465 e. The molecule has 21 heavy (non-hydrogen) atoms. The van der Waals surface area contributed by atoms with Gasteiger partial charge in [-0.15, -0.1) is 0 Å². The van der Waals surface area contributed by atoms with Gasteiger partial charge in [-0.2, -0.15) is 0 Å². The lowest BCUT2D eigenvalue weighted by molar-refractivity contribution is -0.124. The molecular weight excluding hydrogens is 279 g/mol. The Kier molecular flexibility index (Phi) is 4.54. The van der Waals surface area contributed by atoms with Crippen molar-refractivity contribution in [2.24, 2.45) is 5.73 Å². The summed E-state index contributed by atoms with van der Waals surface area (Å²) < 4.78 is 23.1. The highest BCUT2D eigenvalue weighted by atomic mass is 19.1. The first-order chi connectivity index (χ1) is 9.96. The van der Waals surface area contributed by atoms with Crippen molar-refractivity contribution < 1.29 is 23.5 Å². The zero-order chi connectivity index (χ0) is 15.5. The Hall–Kier alpha value is -1.99. The summed E-state index contributed by atoms with van der Waals surface area (Å²) in [5, 5.41) is 2.52. The van der Waals surface area contributed by atoms with Crippen LogP contribution in [0.4, 0.5) is 10.1 Å². The fraction of sp³-hybridized carbons (Fsp3) is 0.429. The molecule has 1 aromatic rings. The molecule has 1 aromatic carbocycles. The lowest BCUT2D eigenvalue weighted by atomic mass is 9.90. The Morgan fingerprint density at radius 2 is 2.05 bits per heavy atom. The van der Waals surface area contributed by atoms with E-state index in [2.05, 4.69) is 10.1 Å². The molecule has 0 radical (unpaired) electrons. The molecule has 6 nitrogen and oxygen atoms in total. The number of carbonyl (C=O) groups is 2. The van der Waals surface area contributed by atoms with Crippen molar-refractivity contribution in [1.29, 1.82) is 0 Å².